The van der Waals surface area contributed by atoms with Gasteiger partial charge < -0.3 is 4.90 Å². The average molecular weight is 303 g/mol. The molecule has 3 aliphatic rings. The fraction of sp³-hybridized carbons (Fsp3) is 0.500. The number of piperidine rings is 3. The maximum atomic E-state index is 5.83. The molecule has 0 amide bonds. The molecule has 2 aromatic rings. The van der Waals surface area contributed by atoms with Crippen LogP contribution in [-0.4, -0.2) is 39.5 Å². The SMILES string of the molecule is ClCc1ccc(-c2cn([C@H]3CN4CCC3CC4)nn2)cc1. The van der Waals surface area contributed by atoms with Gasteiger partial charge in [0.05, 0.1) is 12.2 Å². The van der Waals surface area contributed by atoms with Crippen molar-refractivity contribution in [3.63, 3.8) is 0 Å². The van der Waals surface area contributed by atoms with Gasteiger partial charge in [-0.2, -0.15) is 0 Å². The van der Waals surface area contributed by atoms with Crippen LogP contribution in [0.3, 0.4) is 0 Å². The predicted molar refractivity (Wildman–Crippen MR) is 83.2 cm³/mol. The van der Waals surface area contributed by atoms with Crippen molar-refractivity contribution in [2.24, 2.45) is 5.92 Å². The standard InChI is InChI=1S/C16H19ClN4/c17-9-12-1-3-13(4-2-12)15-10-21(19-18-15)16-11-20-7-5-14(16)6-8-20/h1-4,10,14,16H,5-9,11H2/t16-/m0/s1. The third kappa shape index (κ3) is 2.47. The van der Waals surface area contributed by atoms with Crippen LogP contribution in [0.5, 0.6) is 0 Å². The van der Waals surface area contributed by atoms with Crippen LogP contribution in [0.1, 0.15) is 24.4 Å². The van der Waals surface area contributed by atoms with Gasteiger partial charge in [0.2, 0.25) is 0 Å². The molecule has 3 fully saturated rings. The van der Waals surface area contributed by atoms with Crippen LogP contribution < -0.4 is 0 Å². The zero-order valence-corrected chi connectivity index (χ0v) is 12.7. The number of fused-ring (bicyclic) bond motifs is 3. The lowest BCUT2D eigenvalue weighted by Crippen LogP contribution is -2.48. The van der Waals surface area contributed by atoms with Gasteiger partial charge in [-0.15, -0.1) is 16.7 Å². The highest BCUT2D eigenvalue weighted by molar-refractivity contribution is 6.17. The maximum Gasteiger partial charge on any atom is 0.113 e. The molecule has 0 radical (unpaired) electrons. The van der Waals surface area contributed by atoms with E-state index in [1.165, 1.54) is 25.9 Å². The second-order valence-corrected chi connectivity index (χ2v) is 6.39. The number of rotatable bonds is 3. The van der Waals surface area contributed by atoms with E-state index < -0.39 is 0 Å². The van der Waals surface area contributed by atoms with Crippen LogP contribution in [0.25, 0.3) is 11.3 Å². The molecule has 1 aromatic heterocycles. The molecule has 110 valence electrons. The molecule has 3 aliphatic heterocycles. The lowest BCUT2D eigenvalue weighted by molar-refractivity contribution is 0.0504. The zero-order valence-electron chi connectivity index (χ0n) is 12.0. The number of hydrogen-bond donors (Lipinski definition) is 0. The molecule has 2 bridgehead atoms. The molecule has 0 unspecified atom stereocenters. The summed E-state index contributed by atoms with van der Waals surface area (Å²) in [5, 5.41) is 8.75. The second-order valence-electron chi connectivity index (χ2n) is 6.12. The van der Waals surface area contributed by atoms with Gasteiger partial charge in [0.25, 0.3) is 0 Å². The monoisotopic (exact) mass is 302 g/mol. The predicted octanol–water partition coefficient (Wildman–Crippen LogP) is 2.95. The number of halogens is 1. The fourth-order valence-corrected chi connectivity index (χ4v) is 3.75. The minimum Gasteiger partial charge on any atom is -0.301 e. The van der Waals surface area contributed by atoms with E-state index in [9.17, 15) is 0 Å². The molecule has 4 heterocycles. The third-order valence-electron chi connectivity index (χ3n) is 4.88. The Bertz CT molecular complexity index is 613. The first kappa shape index (κ1) is 13.3. The Kier molecular flexibility index (Phi) is 3.43. The van der Waals surface area contributed by atoms with E-state index in [0.717, 1.165) is 29.3 Å². The lowest BCUT2D eigenvalue weighted by Gasteiger charge is -2.44. The summed E-state index contributed by atoms with van der Waals surface area (Å²) < 4.78 is 2.08. The van der Waals surface area contributed by atoms with Gasteiger partial charge in [-0.25, -0.2) is 4.68 Å². The summed E-state index contributed by atoms with van der Waals surface area (Å²) in [5.74, 6) is 1.32. The van der Waals surface area contributed by atoms with Crippen molar-refractivity contribution < 1.29 is 0 Å². The zero-order chi connectivity index (χ0) is 14.2. The van der Waals surface area contributed by atoms with E-state index in [2.05, 4.69) is 50.4 Å². The van der Waals surface area contributed by atoms with Crippen molar-refractivity contribution in [2.75, 3.05) is 19.6 Å². The lowest BCUT2D eigenvalue weighted by atomic mass is 9.84. The summed E-state index contributed by atoms with van der Waals surface area (Å²) in [6, 6.07) is 8.74. The van der Waals surface area contributed by atoms with Crippen molar-refractivity contribution >= 4 is 11.6 Å². The molecule has 1 atom stereocenters. The normalized spacial score (nSPS) is 28.0. The number of benzene rings is 1. The van der Waals surface area contributed by atoms with Gasteiger partial charge in [0, 0.05) is 18.0 Å². The van der Waals surface area contributed by atoms with Crippen molar-refractivity contribution in [3.8, 4) is 11.3 Å². The highest BCUT2D eigenvalue weighted by Crippen LogP contribution is 2.35. The van der Waals surface area contributed by atoms with E-state index in [4.69, 9.17) is 11.6 Å². The number of aromatic nitrogens is 3. The third-order valence-corrected chi connectivity index (χ3v) is 5.18. The first-order valence-corrected chi connectivity index (χ1v) is 8.16. The molecule has 3 saturated heterocycles. The largest absolute Gasteiger partial charge is 0.301 e. The average Bonchev–Trinajstić information content (AvgIpc) is 3.06. The summed E-state index contributed by atoms with van der Waals surface area (Å²) in [6.07, 6.45) is 4.69. The Morgan fingerprint density at radius 1 is 1.14 bits per heavy atom. The summed E-state index contributed by atoms with van der Waals surface area (Å²) in [6.45, 7) is 3.63. The quantitative estimate of drug-likeness (QED) is 0.818. The number of nitrogens with zero attached hydrogens (tertiary/aromatic N) is 4. The fourth-order valence-electron chi connectivity index (χ4n) is 3.57. The Morgan fingerprint density at radius 2 is 1.90 bits per heavy atom. The van der Waals surface area contributed by atoms with Crippen molar-refractivity contribution in [1.29, 1.82) is 0 Å². The highest BCUT2D eigenvalue weighted by atomic mass is 35.5. The molecule has 5 rings (SSSR count). The van der Waals surface area contributed by atoms with E-state index >= 15 is 0 Å². The summed E-state index contributed by atoms with van der Waals surface area (Å²) in [5.41, 5.74) is 3.19. The first-order valence-electron chi connectivity index (χ1n) is 7.63. The molecule has 0 saturated carbocycles. The van der Waals surface area contributed by atoms with Crippen LogP contribution >= 0.6 is 11.6 Å². The minimum absolute atomic E-state index is 0.496. The van der Waals surface area contributed by atoms with Gasteiger partial charge in [-0.1, -0.05) is 29.5 Å². The van der Waals surface area contributed by atoms with Gasteiger partial charge in [0.1, 0.15) is 5.69 Å². The van der Waals surface area contributed by atoms with Gasteiger partial charge in [-0.3, -0.25) is 0 Å². The van der Waals surface area contributed by atoms with E-state index in [0.29, 0.717) is 11.9 Å². The van der Waals surface area contributed by atoms with Crippen LogP contribution in [-0.2, 0) is 5.88 Å². The van der Waals surface area contributed by atoms with Crippen molar-refractivity contribution in [3.05, 3.63) is 36.0 Å². The smallest absolute Gasteiger partial charge is 0.113 e. The molecule has 21 heavy (non-hydrogen) atoms. The topological polar surface area (TPSA) is 34.0 Å². The number of alkyl halides is 1. The van der Waals surface area contributed by atoms with E-state index in [-0.39, 0.29) is 0 Å². The molecule has 4 nitrogen and oxygen atoms in total. The minimum atomic E-state index is 0.496. The molecule has 5 heteroatoms. The van der Waals surface area contributed by atoms with Gasteiger partial charge in [0.15, 0.2) is 0 Å². The summed E-state index contributed by atoms with van der Waals surface area (Å²) in [7, 11) is 0. The van der Waals surface area contributed by atoms with E-state index in [1.54, 1.807) is 0 Å². The van der Waals surface area contributed by atoms with Crippen LogP contribution in [0.2, 0.25) is 0 Å². The molecular formula is C16H19ClN4. The first-order chi connectivity index (χ1) is 10.3. The Hall–Kier alpha value is -1.39. The van der Waals surface area contributed by atoms with Crippen molar-refractivity contribution in [1.82, 2.24) is 19.9 Å². The Balaban J connectivity index is 1.57. The van der Waals surface area contributed by atoms with Gasteiger partial charge >= 0.3 is 0 Å². The summed E-state index contributed by atoms with van der Waals surface area (Å²) >= 11 is 5.83. The molecule has 0 spiro atoms. The maximum absolute atomic E-state index is 5.83. The molecule has 0 N–H and O–H groups in total. The summed E-state index contributed by atoms with van der Waals surface area (Å²) in [4.78, 5) is 2.54. The van der Waals surface area contributed by atoms with Crippen molar-refractivity contribution in [2.45, 2.75) is 24.8 Å². The molecule has 0 aliphatic carbocycles. The second kappa shape index (κ2) is 5.43. The molecule has 1 aromatic carbocycles. The number of hydrogen-bond acceptors (Lipinski definition) is 3. The molecular weight excluding hydrogens is 284 g/mol. The Labute approximate surface area is 129 Å². The Morgan fingerprint density at radius 3 is 2.52 bits per heavy atom. The highest BCUT2D eigenvalue weighted by Gasteiger charge is 2.35. The van der Waals surface area contributed by atoms with E-state index in [1.807, 2.05) is 0 Å². The van der Waals surface area contributed by atoms with Crippen LogP contribution in [0.15, 0.2) is 30.5 Å². The van der Waals surface area contributed by atoms with Crippen LogP contribution in [0, 0.1) is 5.92 Å². The van der Waals surface area contributed by atoms with Crippen LogP contribution in [0.4, 0.5) is 0 Å². The van der Waals surface area contributed by atoms with Gasteiger partial charge in [-0.05, 0) is 37.4 Å².